The molecular weight excluding hydrogens is 116 g/mol. The fraction of sp³-hybridized carbons (Fsp3) is 1.00. The predicted octanol–water partition coefficient (Wildman–Crippen LogP) is 1.19. The quantitative estimate of drug-likeness (QED) is 0.485. The van der Waals surface area contributed by atoms with Gasteiger partial charge in [-0.05, 0) is 6.92 Å². The van der Waals surface area contributed by atoms with Crippen LogP contribution >= 0.6 is 0 Å². The first-order chi connectivity index (χ1) is 3.65. The Morgan fingerprint density at radius 3 is 2.12 bits per heavy atom. The molecule has 0 spiro atoms. The summed E-state index contributed by atoms with van der Waals surface area (Å²) >= 11 is 0. The molecule has 0 radical (unpaired) electrons. The molecule has 1 unspecified atom stereocenters. The van der Waals surface area contributed by atoms with Crippen molar-refractivity contribution < 1.29 is 13.7 Å². The molecule has 2 nitrogen and oxygen atoms in total. The third-order valence-electron chi connectivity index (χ3n) is 1.34. The summed E-state index contributed by atoms with van der Waals surface area (Å²) in [6.07, 6.45) is 0.417. The Balaban J connectivity index is 2.41. The van der Waals surface area contributed by atoms with Crippen LogP contribution in [0.5, 0.6) is 0 Å². The predicted molar refractivity (Wildman–Crippen MR) is 23.0 cm³/mol. The van der Waals surface area contributed by atoms with Gasteiger partial charge in [0.15, 0.2) is 5.72 Å². The molecule has 1 fully saturated rings. The second kappa shape index (κ2) is 1.63. The number of hydrogen-bond acceptors (Lipinski definition) is 2. The van der Waals surface area contributed by atoms with Gasteiger partial charge in [-0.3, -0.25) is 0 Å². The smallest absolute Gasteiger partial charge is 0.180 e. The second-order valence-corrected chi connectivity index (χ2v) is 2.01. The van der Waals surface area contributed by atoms with E-state index >= 15 is 0 Å². The molecule has 1 heterocycles. The summed E-state index contributed by atoms with van der Waals surface area (Å²) in [5.74, 6) is 0. The standard InChI is InChI=1S/C4H7F2NO/c1-4(7(5)6)2-3-8-4/h2-3H2,1H3. The normalized spacial score (nSPS) is 37.5. The van der Waals surface area contributed by atoms with E-state index in [4.69, 9.17) is 0 Å². The van der Waals surface area contributed by atoms with E-state index in [2.05, 4.69) is 4.74 Å². The number of rotatable bonds is 1. The summed E-state index contributed by atoms with van der Waals surface area (Å²) < 4.78 is 27.7. The van der Waals surface area contributed by atoms with Gasteiger partial charge in [0.05, 0.1) is 12.0 Å². The van der Waals surface area contributed by atoms with Crippen LogP contribution in [-0.4, -0.2) is 17.7 Å². The molecule has 0 amide bonds. The van der Waals surface area contributed by atoms with Crippen LogP contribution in [0.25, 0.3) is 0 Å². The summed E-state index contributed by atoms with van der Waals surface area (Å²) in [4.78, 5) is 0. The van der Waals surface area contributed by atoms with Gasteiger partial charge in [0.25, 0.3) is 0 Å². The van der Waals surface area contributed by atoms with Crippen LogP contribution in [-0.2, 0) is 4.74 Å². The zero-order valence-corrected chi connectivity index (χ0v) is 4.53. The lowest BCUT2D eigenvalue weighted by Crippen LogP contribution is -2.48. The summed E-state index contributed by atoms with van der Waals surface area (Å²) in [7, 11) is 0. The molecule has 0 aromatic rings. The van der Waals surface area contributed by atoms with Gasteiger partial charge in [-0.1, -0.05) is 8.96 Å². The van der Waals surface area contributed by atoms with Crippen molar-refractivity contribution in [1.29, 1.82) is 0 Å². The molecule has 0 aliphatic carbocycles. The van der Waals surface area contributed by atoms with Gasteiger partial charge in [-0.2, -0.15) is 0 Å². The Hall–Kier alpha value is -0.220. The van der Waals surface area contributed by atoms with Crippen LogP contribution in [0.4, 0.5) is 8.96 Å². The Bertz CT molecular complexity index is 92.0. The highest BCUT2D eigenvalue weighted by Crippen LogP contribution is 2.30. The van der Waals surface area contributed by atoms with E-state index in [-0.39, 0.29) is 0 Å². The Labute approximate surface area is 45.9 Å². The van der Waals surface area contributed by atoms with Crippen molar-refractivity contribution in [3.63, 3.8) is 0 Å². The molecule has 48 valence electrons. The maximum Gasteiger partial charge on any atom is 0.180 e. The molecule has 0 N–H and O–H groups in total. The van der Waals surface area contributed by atoms with E-state index in [1.165, 1.54) is 6.92 Å². The summed E-state index contributed by atoms with van der Waals surface area (Å²) in [5.41, 5.74) is -1.28. The van der Waals surface area contributed by atoms with E-state index in [1.54, 1.807) is 0 Å². The molecule has 1 rings (SSSR count). The lowest BCUT2D eigenvalue weighted by Gasteiger charge is -2.37. The summed E-state index contributed by atoms with van der Waals surface area (Å²) in [6.45, 7) is 1.80. The average Bonchev–Trinajstić information content (AvgIpc) is 1.60. The largest absolute Gasteiger partial charge is 0.355 e. The van der Waals surface area contributed by atoms with E-state index in [0.717, 1.165) is 0 Å². The molecule has 4 heteroatoms. The number of ether oxygens (including phenoxy) is 1. The summed E-state index contributed by atoms with van der Waals surface area (Å²) in [5, 5.41) is -0.892. The van der Waals surface area contributed by atoms with Crippen molar-refractivity contribution in [2.75, 3.05) is 6.61 Å². The van der Waals surface area contributed by atoms with Crippen LogP contribution < -0.4 is 0 Å². The first-order valence-corrected chi connectivity index (χ1v) is 2.41. The maximum atomic E-state index is 11.6. The second-order valence-electron chi connectivity index (χ2n) is 2.01. The van der Waals surface area contributed by atoms with Crippen LogP contribution in [0.2, 0.25) is 0 Å². The molecule has 1 aliphatic heterocycles. The van der Waals surface area contributed by atoms with Gasteiger partial charge in [0.1, 0.15) is 0 Å². The van der Waals surface area contributed by atoms with Crippen LogP contribution in [0.15, 0.2) is 0 Å². The highest BCUT2D eigenvalue weighted by Gasteiger charge is 2.41. The molecule has 0 saturated carbocycles. The lowest BCUT2D eigenvalue weighted by atomic mass is 10.1. The van der Waals surface area contributed by atoms with Gasteiger partial charge < -0.3 is 4.74 Å². The van der Waals surface area contributed by atoms with E-state index < -0.39 is 11.1 Å². The van der Waals surface area contributed by atoms with Crippen molar-refractivity contribution in [2.24, 2.45) is 0 Å². The molecule has 1 saturated heterocycles. The van der Waals surface area contributed by atoms with Gasteiger partial charge in [0.2, 0.25) is 0 Å². The molecule has 0 aromatic heterocycles. The monoisotopic (exact) mass is 123 g/mol. The van der Waals surface area contributed by atoms with Crippen LogP contribution in [0.1, 0.15) is 13.3 Å². The molecule has 8 heavy (non-hydrogen) atoms. The Morgan fingerprint density at radius 1 is 1.62 bits per heavy atom. The van der Waals surface area contributed by atoms with Gasteiger partial charge in [-0.25, -0.2) is 0 Å². The maximum absolute atomic E-state index is 11.6. The van der Waals surface area contributed by atoms with Gasteiger partial charge >= 0.3 is 0 Å². The topological polar surface area (TPSA) is 12.5 Å². The first kappa shape index (κ1) is 5.91. The molecule has 0 aromatic carbocycles. The molecular formula is C4H7F2NO. The zero-order valence-electron chi connectivity index (χ0n) is 4.53. The minimum absolute atomic E-state index is 0.417. The Kier molecular flexibility index (Phi) is 1.21. The van der Waals surface area contributed by atoms with E-state index in [0.29, 0.717) is 13.0 Å². The van der Waals surface area contributed by atoms with Crippen molar-refractivity contribution in [2.45, 2.75) is 19.1 Å². The Morgan fingerprint density at radius 2 is 2.12 bits per heavy atom. The molecule has 0 bridgehead atoms. The number of nitrogens with zero attached hydrogens (tertiary/aromatic N) is 1. The minimum Gasteiger partial charge on any atom is -0.355 e. The van der Waals surface area contributed by atoms with Gasteiger partial charge in [-0.15, -0.1) is 0 Å². The van der Waals surface area contributed by atoms with E-state index in [9.17, 15) is 8.96 Å². The highest BCUT2D eigenvalue weighted by atomic mass is 19.4. The number of halogens is 2. The SMILES string of the molecule is CC1(N(F)F)CCO1. The summed E-state index contributed by atoms with van der Waals surface area (Å²) in [6, 6.07) is 0. The van der Waals surface area contributed by atoms with Crippen LogP contribution in [0, 0.1) is 0 Å². The van der Waals surface area contributed by atoms with Crippen molar-refractivity contribution in [3.8, 4) is 0 Å². The fourth-order valence-electron chi connectivity index (χ4n) is 0.531. The highest BCUT2D eigenvalue weighted by molar-refractivity contribution is 4.74. The van der Waals surface area contributed by atoms with Crippen LogP contribution in [0.3, 0.4) is 0 Å². The number of hydrogen-bond donors (Lipinski definition) is 0. The zero-order chi connectivity index (χ0) is 6.20. The third kappa shape index (κ3) is 0.695. The van der Waals surface area contributed by atoms with Crippen molar-refractivity contribution >= 4 is 0 Å². The van der Waals surface area contributed by atoms with Gasteiger partial charge in [0, 0.05) is 6.42 Å². The average molecular weight is 123 g/mol. The van der Waals surface area contributed by atoms with E-state index in [1.807, 2.05) is 0 Å². The fourth-order valence-corrected chi connectivity index (χ4v) is 0.531. The van der Waals surface area contributed by atoms with Crippen molar-refractivity contribution in [3.05, 3.63) is 0 Å². The first-order valence-electron chi connectivity index (χ1n) is 2.41. The molecule has 1 aliphatic rings. The molecule has 1 atom stereocenters. The third-order valence-corrected chi connectivity index (χ3v) is 1.34. The minimum atomic E-state index is -1.28. The lowest BCUT2D eigenvalue weighted by molar-refractivity contribution is -0.362. The van der Waals surface area contributed by atoms with Crippen molar-refractivity contribution in [1.82, 2.24) is 5.34 Å².